The van der Waals surface area contributed by atoms with Gasteiger partial charge in [0.2, 0.25) is 6.86 Å². The van der Waals surface area contributed by atoms with Gasteiger partial charge in [-0.3, -0.25) is 9.59 Å². The number of thiazole rings is 1. The van der Waals surface area contributed by atoms with E-state index in [0.29, 0.717) is 13.0 Å². The molecule has 10 heteroatoms. The average molecular weight is 567 g/mol. The van der Waals surface area contributed by atoms with Crippen LogP contribution < -0.4 is 15.4 Å². The number of amides is 2. The molecule has 0 spiro atoms. The van der Waals surface area contributed by atoms with E-state index in [1.807, 2.05) is 42.6 Å². The van der Waals surface area contributed by atoms with E-state index in [9.17, 15) is 19.1 Å². The number of rotatable bonds is 10. The van der Waals surface area contributed by atoms with Crippen molar-refractivity contribution in [2.24, 2.45) is 0 Å². The van der Waals surface area contributed by atoms with Crippen molar-refractivity contribution in [1.29, 1.82) is 0 Å². The van der Waals surface area contributed by atoms with E-state index in [1.54, 1.807) is 4.90 Å². The quantitative estimate of drug-likeness (QED) is 0.340. The highest BCUT2D eigenvalue weighted by molar-refractivity contribution is 7.09. The Morgan fingerprint density at radius 2 is 2.00 bits per heavy atom. The third-order valence-corrected chi connectivity index (χ3v) is 8.67. The van der Waals surface area contributed by atoms with Crippen molar-refractivity contribution in [2.75, 3.05) is 20.0 Å². The molecule has 0 radical (unpaired) electrons. The van der Waals surface area contributed by atoms with Crippen molar-refractivity contribution >= 4 is 23.2 Å². The number of alkyl halides is 1. The van der Waals surface area contributed by atoms with Crippen LogP contribution in [0.4, 0.5) is 4.39 Å². The molecule has 3 aromatic rings. The van der Waals surface area contributed by atoms with Gasteiger partial charge < -0.3 is 25.4 Å². The van der Waals surface area contributed by atoms with E-state index in [1.165, 1.54) is 29.5 Å². The maximum Gasteiger partial charge on any atom is 0.254 e. The van der Waals surface area contributed by atoms with E-state index in [4.69, 9.17) is 4.74 Å². The third kappa shape index (κ3) is 6.51. The first-order valence-corrected chi connectivity index (χ1v) is 14.6. The molecule has 212 valence electrons. The molecular formula is C30H35FN4O4S. The summed E-state index contributed by atoms with van der Waals surface area (Å²) in [6, 6.07) is 13.2. The summed E-state index contributed by atoms with van der Waals surface area (Å²) in [5, 5.41) is 20.4. The van der Waals surface area contributed by atoms with Crippen molar-refractivity contribution in [3.63, 3.8) is 0 Å². The van der Waals surface area contributed by atoms with E-state index < -0.39 is 24.9 Å². The molecule has 2 aliphatic rings. The normalized spacial score (nSPS) is 20.3. The fourth-order valence-electron chi connectivity index (χ4n) is 5.62. The van der Waals surface area contributed by atoms with Crippen LogP contribution in [0.25, 0.3) is 0 Å². The molecule has 2 fully saturated rings. The zero-order chi connectivity index (χ0) is 28.1. The summed E-state index contributed by atoms with van der Waals surface area (Å²) in [7, 11) is 0. The molecule has 0 unspecified atom stereocenters. The zero-order valence-electron chi connectivity index (χ0n) is 22.5. The number of aliphatic hydroxyl groups excluding tert-OH is 1. The molecule has 40 heavy (non-hydrogen) atoms. The highest BCUT2D eigenvalue weighted by atomic mass is 32.1. The molecule has 0 saturated carbocycles. The van der Waals surface area contributed by atoms with Gasteiger partial charge in [0.1, 0.15) is 10.8 Å². The van der Waals surface area contributed by atoms with Gasteiger partial charge >= 0.3 is 0 Å². The lowest BCUT2D eigenvalue weighted by Gasteiger charge is -2.29. The minimum atomic E-state index is -1.09. The van der Waals surface area contributed by atoms with E-state index in [-0.39, 0.29) is 34.9 Å². The Hall–Kier alpha value is -3.34. The third-order valence-electron chi connectivity index (χ3n) is 7.61. The monoisotopic (exact) mass is 566 g/mol. The van der Waals surface area contributed by atoms with Gasteiger partial charge in [0.15, 0.2) is 0 Å². The summed E-state index contributed by atoms with van der Waals surface area (Å²) in [5.74, 6) is -0.633. The van der Waals surface area contributed by atoms with Gasteiger partial charge in [-0.1, -0.05) is 30.3 Å². The highest BCUT2D eigenvalue weighted by Crippen LogP contribution is 2.35. The molecule has 5 rings (SSSR count). The number of likely N-dealkylation sites (tertiary alicyclic amines) is 1. The number of carbonyl (C=O) groups is 2. The summed E-state index contributed by atoms with van der Waals surface area (Å²) in [6.45, 7) is 2.22. The Kier molecular flexibility index (Phi) is 9.08. The second-order valence-electron chi connectivity index (χ2n) is 10.4. The Morgan fingerprint density at radius 3 is 2.70 bits per heavy atom. The molecule has 0 bridgehead atoms. The Bertz CT molecular complexity index is 1310. The van der Waals surface area contributed by atoms with Gasteiger partial charge in [-0.2, -0.15) is 0 Å². The van der Waals surface area contributed by atoms with Crippen LogP contribution in [0.5, 0.6) is 5.75 Å². The molecule has 2 aliphatic heterocycles. The second-order valence-corrected chi connectivity index (χ2v) is 11.3. The van der Waals surface area contributed by atoms with Crippen molar-refractivity contribution in [2.45, 2.75) is 63.3 Å². The van der Waals surface area contributed by atoms with Gasteiger partial charge in [-0.25, -0.2) is 9.37 Å². The highest BCUT2D eigenvalue weighted by Gasteiger charge is 2.34. The number of ether oxygens (including phenoxy) is 1. The van der Waals surface area contributed by atoms with Gasteiger partial charge in [-0.05, 0) is 69.3 Å². The van der Waals surface area contributed by atoms with Crippen molar-refractivity contribution in [1.82, 2.24) is 20.5 Å². The number of hydrogen-bond donors (Lipinski definition) is 3. The summed E-state index contributed by atoms with van der Waals surface area (Å²) in [5.41, 5.74) is 2.30. The molecule has 1 aromatic heterocycles. The second kappa shape index (κ2) is 12.9. The Balaban J connectivity index is 1.40. The lowest BCUT2D eigenvalue weighted by Crippen LogP contribution is -2.52. The smallest absolute Gasteiger partial charge is 0.254 e. The van der Waals surface area contributed by atoms with E-state index in [2.05, 4.69) is 15.6 Å². The number of aliphatic hydroxyl groups is 1. The summed E-state index contributed by atoms with van der Waals surface area (Å²) in [4.78, 5) is 33.6. The predicted molar refractivity (Wildman–Crippen MR) is 151 cm³/mol. The Labute approximate surface area is 237 Å². The number of aryl methyl sites for hydroxylation is 1. The maximum atomic E-state index is 13.7. The van der Waals surface area contributed by atoms with Crippen LogP contribution in [0.2, 0.25) is 0 Å². The predicted octanol–water partition coefficient (Wildman–Crippen LogP) is 4.19. The lowest BCUT2D eigenvalue weighted by atomic mass is 9.95. The first kappa shape index (κ1) is 28.2. The summed E-state index contributed by atoms with van der Waals surface area (Å²) >= 11 is 1.53. The largest absolute Gasteiger partial charge is 0.463 e. The first-order valence-electron chi connectivity index (χ1n) is 13.8. The number of nitrogens with zero attached hydrogens (tertiary/aromatic N) is 2. The standard InChI is InChI=1S/C30H35FN4O4S/c1-19-17-40-29(33-19)26-10-6-12-35(26)30(38)22-14-21(15-23(16-22)39-18-31)28(37)34-25(13-20-7-3-2-4-8-20)27(36)24-9-5-11-32-24/h2-4,7-8,14-17,24-27,32,36H,5-6,9-13,18H2,1H3,(H,34,37)/t24-,25+,26-,27-/m1/s1. The van der Waals surface area contributed by atoms with Crippen LogP contribution in [0, 0.1) is 6.92 Å². The van der Waals surface area contributed by atoms with Crippen molar-refractivity contribution in [3.05, 3.63) is 81.3 Å². The van der Waals surface area contributed by atoms with Crippen molar-refractivity contribution < 1.29 is 23.8 Å². The number of nitrogens with one attached hydrogen (secondary N) is 2. The molecule has 2 aromatic carbocycles. The van der Waals surface area contributed by atoms with Crippen LogP contribution in [0.3, 0.4) is 0 Å². The molecule has 8 nitrogen and oxygen atoms in total. The average Bonchev–Trinajstić information content (AvgIpc) is 3.75. The van der Waals surface area contributed by atoms with Crippen LogP contribution >= 0.6 is 11.3 Å². The van der Waals surface area contributed by atoms with Crippen LogP contribution in [-0.2, 0) is 6.42 Å². The van der Waals surface area contributed by atoms with E-state index in [0.717, 1.165) is 48.5 Å². The molecule has 3 heterocycles. The Morgan fingerprint density at radius 1 is 1.20 bits per heavy atom. The molecule has 0 aliphatic carbocycles. The number of aromatic nitrogens is 1. The van der Waals surface area contributed by atoms with Gasteiger partial charge in [0.05, 0.1) is 18.2 Å². The number of hydrogen-bond acceptors (Lipinski definition) is 7. The van der Waals surface area contributed by atoms with Crippen LogP contribution in [-0.4, -0.2) is 64.9 Å². The maximum absolute atomic E-state index is 13.7. The van der Waals surface area contributed by atoms with Crippen LogP contribution in [0.15, 0.2) is 53.9 Å². The molecule has 3 N–H and O–H groups in total. The molecule has 4 atom stereocenters. The van der Waals surface area contributed by atoms with Gasteiger partial charge in [0, 0.05) is 34.8 Å². The zero-order valence-corrected chi connectivity index (χ0v) is 23.3. The lowest BCUT2D eigenvalue weighted by molar-refractivity contribution is 0.0732. The van der Waals surface area contributed by atoms with E-state index >= 15 is 0 Å². The minimum absolute atomic E-state index is 0.0944. The SMILES string of the molecule is Cc1csc([C@H]2CCCN2C(=O)c2cc(OCF)cc(C(=O)N[C@@H](Cc3ccccc3)[C@H](O)[C@H]3CCCN3)c2)n1. The summed E-state index contributed by atoms with van der Waals surface area (Å²) in [6.07, 6.45) is 3.04. The number of carbonyl (C=O) groups excluding carboxylic acids is 2. The van der Waals surface area contributed by atoms with Gasteiger partial charge in [0.25, 0.3) is 11.8 Å². The first-order chi connectivity index (χ1) is 19.4. The fourth-order valence-corrected chi connectivity index (χ4v) is 6.56. The minimum Gasteiger partial charge on any atom is -0.463 e. The fraction of sp³-hybridized carbons (Fsp3) is 0.433. The number of benzene rings is 2. The van der Waals surface area contributed by atoms with Crippen LogP contribution in [0.1, 0.15) is 68.7 Å². The molecular weight excluding hydrogens is 531 g/mol. The topological polar surface area (TPSA) is 104 Å². The molecule has 2 amide bonds. The molecule has 2 saturated heterocycles. The summed E-state index contributed by atoms with van der Waals surface area (Å²) < 4.78 is 18.3. The van der Waals surface area contributed by atoms with Crippen molar-refractivity contribution in [3.8, 4) is 5.75 Å². The number of halogens is 1. The van der Waals surface area contributed by atoms with Gasteiger partial charge in [-0.15, -0.1) is 11.3 Å².